The van der Waals surface area contributed by atoms with Gasteiger partial charge in [0.2, 0.25) is 11.9 Å². The molecule has 31 heavy (non-hydrogen) atoms. The fourth-order valence-corrected chi connectivity index (χ4v) is 4.02. The molecule has 4 rings (SSSR count). The minimum Gasteiger partial charge on any atom is -0.444 e. The van der Waals surface area contributed by atoms with Gasteiger partial charge >= 0.3 is 6.09 Å². The molecule has 10 heteroatoms. The molecule has 10 nitrogen and oxygen atoms in total. The SMILES string of the molecule is CC(C)(C)OC(=O)N1CCC[C@H]1C(=O)N1CCN(c2nnnn2-c2ccccc2)CC1. The average molecular weight is 428 g/mol. The number of para-hydroxylation sites is 1. The number of rotatable bonds is 3. The number of benzene rings is 1. The highest BCUT2D eigenvalue weighted by atomic mass is 16.6. The Morgan fingerprint density at radius 3 is 2.42 bits per heavy atom. The van der Waals surface area contributed by atoms with E-state index in [9.17, 15) is 9.59 Å². The normalized spacial score (nSPS) is 19.6. The minimum absolute atomic E-state index is 0.00865. The summed E-state index contributed by atoms with van der Waals surface area (Å²) >= 11 is 0. The minimum atomic E-state index is -0.582. The van der Waals surface area contributed by atoms with E-state index >= 15 is 0 Å². The van der Waals surface area contributed by atoms with Gasteiger partial charge in [0.15, 0.2) is 0 Å². The lowest BCUT2D eigenvalue weighted by Gasteiger charge is -2.37. The van der Waals surface area contributed by atoms with Crippen molar-refractivity contribution in [1.29, 1.82) is 0 Å². The highest BCUT2D eigenvalue weighted by Crippen LogP contribution is 2.24. The van der Waals surface area contributed by atoms with Gasteiger partial charge in [0.05, 0.1) is 5.69 Å². The number of carbonyl (C=O) groups is 2. The molecule has 0 spiro atoms. The highest BCUT2D eigenvalue weighted by molar-refractivity contribution is 5.86. The Kier molecular flexibility index (Phi) is 5.79. The fraction of sp³-hybridized carbons (Fsp3) is 0.571. The number of tetrazole rings is 1. The number of ether oxygens (including phenoxy) is 1. The van der Waals surface area contributed by atoms with Crippen molar-refractivity contribution < 1.29 is 14.3 Å². The van der Waals surface area contributed by atoms with Crippen molar-refractivity contribution in [1.82, 2.24) is 30.0 Å². The van der Waals surface area contributed by atoms with E-state index in [2.05, 4.69) is 20.4 Å². The van der Waals surface area contributed by atoms with Gasteiger partial charge in [0.1, 0.15) is 11.6 Å². The van der Waals surface area contributed by atoms with Crippen LogP contribution < -0.4 is 4.90 Å². The van der Waals surface area contributed by atoms with E-state index in [0.717, 1.165) is 12.1 Å². The second-order valence-corrected chi connectivity index (χ2v) is 8.87. The molecule has 0 aliphatic carbocycles. The Morgan fingerprint density at radius 1 is 1.03 bits per heavy atom. The summed E-state index contributed by atoms with van der Waals surface area (Å²) in [4.78, 5) is 31.2. The van der Waals surface area contributed by atoms with Crippen LogP contribution in [0.2, 0.25) is 0 Å². The van der Waals surface area contributed by atoms with E-state index in [1.54, 1.807) is 9.58 Å². The molecule has 0 saturated carbocycles. The monoisotopic (exact) mass is 427 g/mol. The molecule has 2 amide bonds. The number of amides is 2. The first-order chi connectivity index (χ1) is 14.8. The van der Waals surface area contributed by atoms with Crippen LogP contribution in [0.3, 0.4) is 0 Å². The summed E-state index contributed by atoms with van der Waals surface area (Å²) in [6.45, 7) is 8.41. The third-order valence-electron chi connectivity index (χ3n) is 5.49. The lowest BCUT2D eigenvalue weighted by atomic mass is 10.1. The first kappa shape index (κ1) is 21.1. The van der Waals surface area contributed by atoms with Crippen LogP contribution in [-0.2, 0) is 9.53 Å². The number of hydrogen-bond donors (Lipinski definition) is 0. The molecule has 3 heterocycles. The van der Waals surface area contributed by atoms with Crippen molar-refractivity contribution in [2.24, 2.45) is 0 Å². The van der Waals surface area contributed by atoms with Gasteiger partial charge in [-0.1, -0.05) is 23.3 Å². The summed E-state index contributed by atoms with van der Waals surface area (Å²) in [7, 11) is 0. The molecule has 0 N–H and O–H groups in total. The van der Waals surface area contributed by atoms with Gasteiger partial charge in [0, 0.05) is 32.7 Å². The van der Waals surface area contributed by atoms with E-state index in [1.165, 1.54) is 0 Å². The van der Waals surface area contributed by atoms with Crippen molar-refractivity contribution in [2.45, 2.75) is 45.3 Å². The predicted octanol–water partition coefficient (Wildman–Crippen LogP) is 1.71. The van der Waals surface area contributed by atoms with Gasteiger partial charge < -0.3 is 14.5 Å². The highest BCUT2D eigenvalue weighted by Gasteiger charge is 2.39. The molecule has 2 aromatic rings. The number of piperazine rings is 1. The topological polar surface area (TPSA) is 96.7 Å². The second-order valence-electron chi connectivity index (χ2n) is 8.87. The molecule has 2 fully saturated rings. The van der Waals surface area contributed by atoms with Gasteiger partial charge in [-0.2, -0.15) is 4.68 Å². The molecule has 2 aliphatic rings. The quantitative estimate of drug-likeness (QED) is 0.736. The molecular weight excluding hydrogens is 398 g/mol. The van der Waals surface area contributed by atoms with Crippen LogP contribution in [0.1, 0.15) is 33.6 Å². The predicted molar refractivity (Wildman–Crippen MR) is 114 cm³/mol. The van der Waals surface area contributed by atoms with Gasteiger partial charge in [-0.3, -0.25) is 9.69 Å². The van der Waals surface area contributed by atoms with Gasteiger partial charge in [-0.25, -0.2) is 4.79 Å². The Bertz CT molecular complexity index is 917. The molecule has 166 valence electrons. The fourth-order valence-electron chi connectivity index (χ4n) is 4.02. The number of carbonyl (C=O) groups excluding carboxylic acids is 2. The molecule has 0 bridgehead atoms. The van der Waals surface area contributed by atoms with Crippen LogP contribution in [0.25, 0.3) is 5.69 Å². The van der Waals surface area contributed by atoms with Crippen molar-refractivity contribution in [3.8, 4) is 5.69 Å². The molecule has 2 aliphatic heterocycles. The van der Waals surface area contributed by atoms with Crippen LogP contribution in [0.4, 0.5) is 10.7 Å². The van der Waals surface area contributed by atoms with Gasteiger partial charge in [0.25, 0.3) is 0 Å². The molecule has 1 atom stereocenters. The Labute approximate surface area is 181 Å². The Balaban J connectivity index is 1.39. The molecule has 1 aromatic heterocycles. The van der Waals surface area contributed by atoms with Crippen molar-refractivity contribution in [2.75, 3.05) is 37.6 Å². The summed E-state index contributed by atoms with van der Waals surface area (Å²) in [5, 5.41) is 12.1. The third-order valence-corrected chi connectivity index (χ3v) is 5.49. The number of aromatic nitrogens is 4. The van der Waals surface area contributed by atoms with E-state index in [1.807, 2.05) is 56.0 Å². The van der Waals surface area contributed by atoms with Crippen LogP contribution in [0, 0.1) is 0 Å². The van der Waals surface area contributed by atoms with Crippen molar-refractivity contribution in [3.05, 3.63) is 30.3 Å². The van der Waals surface area contributed by atoms with E-state index in [4.69, 9.17) is 4.74 Å². The summed E-state index contributed by atoms with van der Waals surface area (Å²) in [6.07, 6.45) is 1.07. The third kappa shape index (κ3) is 4.62. The Hall–Kier alpha value is -3.17. The van der Waals surface area contributed by atoms with Crippen LogP contribution in [-0.4, -0.2) is 86.4 Å². The summed E-state index contributed by atoms with van der Waals surface area (Å²) in [5.74, 6) is 0.653. The average Bonchev–Trinajstić information content (AvgIpc) is 3.43. The molecular formula is C21H29N7O3. The van der Waals surface area contributed by atoms with E-state index < -0.39 is 17.7 Å². The molecule has 1 aromatic carbocycles. The van der Waals surface area contributed by atoms with Crippen LogP contribution >= 0.6 is 0 Å². The maximum absolute atomic E-state index is 13.2. The first-order valence-corrected chi connectivity index (χ1v) is 10.7. The second kappa shape index (κ2) is 8.52. The number of nitrogens with zero attached hydrogens (tertiary/aromatic N) is 7. The number of anilines is 1. The Morgan fingerprint density at radius 2 is 1.74 bits per heavy atom. The van der Waals surface area contributed by atoms with Crippen LogP contribution in [0.15, 0.2) is 30.3 Å². The summed E-state index contributed by atoms with van der Waals surface area (Å²) in [6, 6.07) is 9.28. The zero-order valence-corrected chi connectivity index (χ0v) is 18.3. The van der Waals surface area contributed by atoms with Crippen molar-refractivity contribution >= 4 is 17.9 Å². The largest absolute Gasteiger partial charge is 0.444 e. The molecule has 0 unspecified atom stereocenters. The van der Waals surface area contributed by atoms with Crippen molar-refractivity contribution in [3.63, 3.8) is 0 Å². The molecule has 0 radical (unpaired) electrons. The van der Waals surface area contributed by atoms with Gasteiger partial charge in [-0.15, -0.1) is 0 Å². The van der Waals surface area contributed by atoms with E-state index in [-0.39, 0.29) is 5.91 Å². The lowest BCUT2D eigenvalue weighted by Crippen LogP contribution is -2.55. The number of hydrogen-bond acceptors (Lipinski definition) is 7. The first-order valence-electron chi connectivity index (χ1n) is 10.7. The van der Waals surface area contributed by atoms with E-state index in [0.29, 0.717) is 45.1 Å². The maximum Gasteiger partial charge on any atom is 0.410 e. The lowest BCUT2D eigenvalue weighted by molar-refractivity contribution is -0.136. The summed E-state index contributed by atoms with van der Waals surface area (Å²) in [5.41, 5.74) is 0.307. The zero-order valence-electron chi connectivity index (χ0n) is 18.3. The molecule has 2 saturated heterocycles. The summed E-state index contributed by atoms with van der Waals surface area (Å²) < 4.78 is 7.20. The zero-order chi connectivity index (χ0) is 22.0. The number of likely N-dealkylation sites (tertiary alicyclic amines) is 1. The van der Waals surface area contributed by atoms with Crippen LogP contribution in [0.5, 0.6) is 0 Å². The smallest absolute Gasteiger partial charge is 0.410 e. The standard InChI is InChI=1S/C21H29N7O3/c1-21(2,3)31-20(30)27-11-7-10-17(27)18(29)25-12-14-26(15-13-25)19-22-23-24-28(19)16-8-5-4-6-9-16/h4-6,8-9,17H,7,10-15H2,1-3H3/t17-/m0/s1. The van der Waals surface area contributed by atoms with Gasteiger partial charge in [-0.05, 0) is 56.2 Å². The maximum atomic E-state index is 13.2.